The number of nitrogens with zero attached hydrogens (tertiary/aromatic N) is 2. The number of carbonyl (C=O) groups is 1. The van der Waals surface area contributed by atoms with Crippen molar-refractivity contribution >= 4 is 17.7 Å². The molecule has 6 heteroatoms. The quantitative estimate of drug-likeness (QED) is 0.895. The van der Waals surface area contributed by atoms with E-state index in [1.165, 1.54) is 54.8 Å². The van der Waals surface area contributed by atoms with Crippen molar-refractivity contribution in [1.29, 1.82) is 0 Å². The highest BCUT2D eigenvalue weighted by Gasteiger charge is 2.27. The number of primary amides is 1. The second kappa shape index (κ2) is 7.68. The topological polar surface area (TPSA) is 68.5 Å². The van der Waals surface area contributed by atoms with E-state index in [1.54, 1.807) is 12.1 Å². The predicted octanol–water partition coefficient (Wildman–Crippen LogP) is 3.40. The van der Waals surface area contributed by atoms with E-state index in [-0.39, 0.29) is 0 Å². The molecule has 2 aliphatic rings. The summed E-state index contributed by atoms with van der Waals surface area (Å²) in [5.41, 5.74) is 8.45. The van der Waals surface area contributed by atoms with Crippen molar-refractivity contribution in [2.45, 2.75) is 25.3 Å². The third-order valence-electron chi connectivity index (χ3n) is 5.13. The van der Waals surface area contributed by atoms with E-state index >= 15 is 0 Å². The zero-order chi connectivity index (χ0) is 17.9. The number of aromatic nitrogens is 1. The molecule has 2 N–H and O–H groups in total. The van der Waals surface area contributed by atoms with Crippen LogP contribution in [-0.2, 0) is 6.42 Å². The van der Waals surface area contributed by atoms with E-state index in [0.29, 0.717) is 17.5 Å². The van der Waals surface area contributed by atoms with Gasteiger partial charge in [0.1, 0.15) is 5.75 Å². The molecular weight excluding hydrogens is 346 g/mol. The summed E-state index contributed by atoms with van der Waals surface area (Å²) in [7, 11) is 0. The molecule has 26 heavy (non-hydrogen) atoms. The maximum Gasteiger partial charge on any atom is 0.250 e. The average molecular weight is 369 g/mol. The zero-order valence-corrected chi connectivity index (χ0v) is 15.5. The Hall–Kier alpha value is -2.05. The van der Waals surface area contributed by atoms with Crippen LogP contribution in [0.4, 0.5) is 0 Å². The highest BCUT2D eigenvalue weighted by Crippen LogP contribution is 2.37. The Labute approximate surface area is 157 Å². The van der Waals surface area contributed by atoms with E-state index in [0.717, 1.165) is 12.2 Å². The SMILES string of the molecule is NC(=O)c1ccc(Oc2ccc3c(c2)CCCC3N2CCSCC2)nc1. The summed E-state index contributed by atoms with van der Waals surface area (Å²) >= 11 is 2.05. The van der Waals surface area contributed by atoms with Gasteiger partial charge in [-0.05, 0) is 48.6 Å². The molecule has 1 aliphatic carbocycles. The fourth-order valence-electron chi connectivity index (χ4n) is 3.80. The van der Waals surface area contributed by atoms with Crippen LogP contribution in [-0.4, -0.2) is 40.4 Å². The van der Waals surface area contributed by atoms with Crippen molar-refractivity contribution < 1.29 is 9.53 Å². The number of thioether (sulfide) groups is 1. The largest absolute Gasteiger partial charge is 0.439 e. The van der Waals surface area contributed by atoms with E-state index in [1.807, 2.05) is 6.07 Å². The van der Waals surface area contributed by atoms with Crippen LogP contribution in [0.25, 0.3) is 0 Å². The van der Waals surface area contributed by atoms with Crippen molar-refractivity contribution in [1.82, 2.24) is 9.88 Å². The lowest BCUT2D eigenvalue weighted by atomic mass is 9.86. The third kappa shape index (κ3) is 3.71. The van der Waals surface area contributed by atoms with Crippen LogP contribution < -0.4 is 10.5 Å². The van der Waals surface area contributed by atoms with E-state index in [4.69, 9.17) is 10.5 Å². The van der Waals surface area contributed by atoms with E-state index in [2.05, 4.69) is 33.8 Å². The highest BCUT2D eigenvalue weighted by molar-refractivity contribution is 7.99. The molecule has 2 heterocycles. The Balaban J connectivity index is 1.52. The first-order chi connectivity index (χ1) is 12.7. The second-order valence-corrected chi connectivity index (χ2v) is 7.99. The molecule has 1 atom stereocenters. The molecule has 4 rings (SSSR count). The van der Waals surface area contributed by atoms with Crippen LogP contribution in [0.15, 0.2) is 36.5 Å². The first kappa shape index (κ1) is 17.4. The molecule has 1 fully saturated rings. The fourth-order valence-corrected chi connectivity index (χ4v) is 4.74. The van der Waals surface area contributed by atoms with Gasteiger partial charge in [-0.15, -0.1) is 0 Å². The summed E-state index contributed by atoms with van der Waals surface area (Å²) in [5.74, 6) is 3.24. The third-order valence-corrected chi connectivity index (χ3v) is 6.07. The Kier molecular flexibility index (Phi) is 5.13. The van der Waals surface area contributed by atoms with Crippen molar-refractivity contribution in [3.05, 3.63) is 53.2 Å². The molecule has 1 aromatic heterocycles. The Morgan fingerprint density at radius 3 is 2.81 bits per heavy atom. The number of fused-ring (bicyclic) bond motifs is 1. The summed E-state index contributed by atoms with van der Waals surface area (Å²) in [4.78, 5) is 17.9. The number of pyridine rings is 1. The fraction of sp³-hybridized carbons (Fsp3) is 0.400. The molecule has 0 spiro atoms. The number of hydrogen-bond acceptors (Lipinski definition) is 5. The predicted molar refractivity (Wildman–Crippen MR) is 104 cm³/mol. The maximum absolute atomic E-state index is 11.1. The molecule has 1 aromatic carbocycles. The minimum absolute atomic E-state index is 0.380. The monoisotopic (exact) mass is 369 g/mol. The molecule has 1 amide bonds. The second-order valence-electron chi connectivity index (χ2n) is 6.77. The molecule has 1 unspecified atom stereocenters. The lowest BCUT2D eigenvalue weighted by molar-refractivity contribution is 0.1000. The standard InChI is InChI=1S/C20H23N3O2S/c21-20(24)15-4-7-19(22-13-15)25-16-5-6-17-14(12-16)2-1-3-18(17)23-8-10-26-11-9-23/h4-7,12-13,18H,1-3,8-11H2,(H2,21,24). The van der Waals surface area contributed by atoms with Gasteiger partial charge in [0.15, 0.2) is 0 Å². The number of aryl methyl sites for hydroxylation is 1. The smallest absolute Gasteiger partial charge is 0.250 e. The Bertz CT molecular complexity index is 788. The number of carbonyl (C=O) groups excluding carboxylic acids is 1. The van der Waals surface area contributed by atoms with Gasteiger partial charge in [0.05, 0.1) is 5.56 Å². The van der Waals surface area contributed by atoms with Crippen LogP contribution in [0.2, 0.25) is 0 Å². The van der Waals surface area contributed by atoms with Gasteiger partial charge in [-0.1, -0.05) is 6.07 Å². The van der Waals surface area contributed by atoms with Gasteiger partial charge >= 0.3 is 0 Å². The summed E-state index contributed by atoms with van der Waals surface area (Å²) in [6, 6.07) is 10.2. The molecule has 2 aromatic rings. The van der Waals surface area contributed by atoms with E-state index < -0.39 is 5.91 Å². The van der Waals surface area contributed by atoms with Crippen molar-refractivity contribution in [3.8, 4) is 11.6 Å². The summed E-state index contributed by atoms with van der Waals surface area (Å²) in [5, 5.41) is 0. The number of benzene rings is 1. The van der Waals surface area contributed by atoms with Gasteiger partial charge in [-0.25, -0.2) is 4.98 Å². The molecule has 136 valence electrons. The van der Waals surface area contributed by atoms with Gasteiger partial charge in [0.25, 0.3) is 0 Å². The van der Waals surface area contributed by atoms with Crippen LogP contribution in [0.1, 0.15) is 40.4 Å². The van der Waals surface area contributed by atoms with Crippen molar-refractivity contribution in [2.24, 2.45) is 5.73 Å². The number of nitrogens with two attached hydrogens (primary N) is 1. The first-order valence-electron chi connectivity index (χ1n) is 9.09. The molecular formula is C20H23N3O2S. The lowest BCUT2D eigenvalue weighted by Crippen LogP contribution is -2.37. The minimum Gasteiger partial charge on any atom is -0.439 e. The Morgan fingerprint density at radius 1 is 1.23 bits per heavy atom. The van der Waals surface area contributed by atoms with E-state index in [9.17, 15) is 4.79 Å². The lowest BCUT2D eigenvalue weighted by Gasteiger charge is -2.38. The maximum atomic E-state index is 11.1. The van der Waals surface area contributed by atoms with Crippen LogP contribution in [0.5, 0.6) is 11.6 Å². The summed E-state index contributed by atoms with van der Waals surface area (Å²) in [6.45, 7) is 2.37. The van der Waals surface area contributed by atoms with Crippen molar-refractivity contribution in [2.75, 3.05) is 24.6 Å². The zero-order valence-electron chi connectivity index (χ0n) is 14.7. The number of ether oxygens (including phenoxy) is 1. The molecule has 1 aliphatic heterocycles. The van der Waals surface area contributed by atoms with Gasteiger partial charge in [0.2, 0.25) is 11.8 Å². The number of rotatable bonds is 4. The number of amides is 1. The highest BCUT2D eigenvalue weighted by atomic mass is 32.2. The molecule has 5 nitrogen and oxygen atoms in total. The molecule has 0 radical (unpaired) electrons. The Morgan fingerprint density at radius 2 is 2.08 bits per heavy atom. The molecule has 0 saturated carbocycles. The average Bonchev–Trinajstić information content (AvgIpc) is 2.68. The van der Waals surface area contributed by atoms with Gasteiger partial charge < -0.3 is 10.5 Å². The molecule has 0 bridgehead atoms. The van der Waals surface area contributed by atoms with Gasteiger partial charge in [-0.2, -0.15) is 11.8 Å². The first-order valence-corrected chi connectivity index (χ1v) is 10.2. The van der Waals surface area contributed by atoms with Gasteiger partial charge in [-0.3, -0.25) is 9.69 Å². The number of hydrogen-bond donors (Lipinski definition) is 1. The minimum atomic E-state index is -0.486. The molecule has 1 saturated heterocycles. The van der Waals surface area contributed by atoms with Crippen molar-refractivity contribution in [3.63, 3.8) is 0 Å². The van der Waals surface area contributed by atoms with Crippen LogP contribution in [0, 0.1) is 0 Å². The summed E-state index contributed by atoms with van der Waals surface area (Å²) in [6.07, 6.45) is 5.00. The van der Waals surface area contributed by atoms with Gasteiger partial charge in [0, 0.05) is 42.9 Å². The normalized spacial score (nSPS) is 20.4. The summed E-state index contributed by atoms with van der Waals surface area (Å²) < 4.78 is 5.88. The van der Waals surface area contributed by atoms with Crippen LogP contribution >= 0.6 is 11.8 Å². The van der Waals surface area contributed by atoms with Crippen LogP contribution in [0.3, 0.4) is 0 Å².